The van der Waals surface area contributed by atoms with Crippen molar-refractivity contribution in [1.29, 1.82) is 0 Å². The van der Waals surface area contributed by atoms with Gasteiger partial charge in [0.05, 0.1) is 0 Å². The summed E-state index contributed by atoms with van der Waals surface area (Å²) in [4.78, 5) is 18.9. The average molecular weight is 253 g/mol. The average Bonchev–Trinajstić information content (AvgIpc) is 2.42. The van der Waals surface area contributed by atoms with Crippen molar-refractivity contribution in [1.82, 2.24) is 14.7 Å². The molecule has 2 rings (SSSR count). The molecular weight excluding hydrogens is 226 g/mol. The minimum absolute atomic E-state index is 0.291. The third-order valence-electron chi connectivity index (χ3n) is 3.88. The van der Waals surface area contributed by atoms with E-state index in [9.17, 15) is 4.79 Å². The van der Waals surface area contributed by atoms with Gasteiger partial charge in [0.2, 0.25) is 5.91 Å². The van der Waals surface area contributed by atoms with Gasteiger partial charge in [-0.1, -0.05) is 0 Å². The zero-order valence-corrected chi connectivity index (χ0v) is 11.9. The number of likely N-dealkylation sites (tertiary alicyclic amines) is 1. The van der Waals surface area contributed by atoms with Gasteiger partial charge in [-0.2, -0.15) is 0 Å². The maximum Gasteiger partial charge on any atom is 0.225 e. The van der Waals surface area contributed by atoms with Crippen molar-refractivity contribution in [2.45, 2.75) is 12.8 Å². The first-order valence-corrected chi connectivity index (χ1v) is 6.82. The van der Waals surface area contributed by atoms with Crippen LogP contribution in [0.5, 0.6) is 0 Å². The van der Waals surface area contributed by atoms with Gasteiger partial charge in [-0.15, -0.1) is 13.2 Å². The zero-order chi connectivity index (χ0) is 13.5. The number of piperidine rings is 1. The molecule has 4 heteroatoms. The largest absolute Gasteiger partial charge is 0.340 e. The molecule has 2 saturated heterocycles. The van der Waals surface area contributed by atoms with Gasteiger partial charge in [0.1, 0.15) is 0 Å². The molecule has 0 aliphatic carbocycles. The number of hydrogen-bond acceptors (Lipinski definition) is 3. The van der Waals surface area contributed by atoms with Gasteiger partial charge in [-0.3, -0.25) is 4.79 Å². The van der Waals surface area contributed by atoms with Crippen LogP contribution in [0.3, 0.4) is 0 Å². The highest BCUT2D eigenvalue weighted by molar-refractivity contribution is 5.79. The first kappa shape index (κ1) is 15.2. The molecule has 0 aromatic heterocycles. The Morgan fingerprint density at radius 1 is 0.889 bits per heavy atom. The summed E-state index contributed by atoms with van der Waals surface area (Å²) in [5.74, 6) is 0.695. The van der Waals surface area contributed by atoms with Crippen LogP contribution in [-0.2, 0) is 4.79 Å². The molecule has 0 aromatic rings. The van der Waals surface area contributed by atoms with Crippen molar-refractivity contribution >= 4 is 5.91 Å². The molecule has 18 heavy (non-hydrogen) atoms. The molecule has 0 saturated carbocycles. The standard InChI is InChI=1S/C12H23N3O.C2H4/c1-13-5-3-11(4-6-13)12(16)15-9-7-14(2)8-10-15;1-2/h11H,3-10H2,1-2H3;1-2H2. The molecular formula is C14H27N3O. The molecule has 1 amide bonds. The molecule has 0 radical (unpaired) electrons. The number of carbonyl (C=O) groups is 1. The third kappa shape index (κ3) is 4.10. The lowest BCUT2D eigenvalue weighted by Crippen LogP contribution is -2.50. The van der Waals surface area contributed by atoms with Gasteiger partial charge < -0.3 is 14.7 Å². The van der Waals surface area contributed by atoms with Gasteiger partial charge in [-0.25, -0.2) is 0 Å². The van der Waals surface area contributed by atoms with E-state index in [1.165, 1.54) is 0 Å². The van der Waals surface area contributed by atoms with Crippen LogP contribution in [0.15, 0.2) is 13.2 Å². The van der Waals surface area contributed by atoms with E-state index in [0.29, 0.717) is 11.8 Å². The maximum atomic E-state index is 12.3. The van der Waals surface area contributed by atoms with E-state index in [4.69, 9.17) is 0 Å². The van der Waals surface area contributed by atoms with Crippen molar-refractivity contribution in [3.8, 4) is 0 Å². The van der Waals surface area contributed by atoms with Crippen molar-refractivity contribution in [2.75, 3.05) is 53.4 Å². The van der Waals surface area contributed by atoms with E-state index in [1.54, 1.807) is 0 Å². The Morgan fingerprint density at radius 3 is 1.83 bits per heavy atom. The van der Waals surface area contributed by atoms with Crippen LogP contribution in [0, 0.1) is 5.92 Å². The van der Waals surface area contributed by atoms with E-state index >= 15 is 0 Å². The molecule has 2 aliphatic heterocycles. The molecule has 2 aliphatic rings. The molecule has 0 bridgehead atoms. The van der Waals surface area contributed by atoms with E-state index in [-0.39, 0.29) is 0 Å². The molecule has 2 fully saturated rings. The Morgan fingerprint density at radius 2 is 1.33 bits per heavy atom. The van der Waals surface area contributed by atoms with E-state index in [0.717, 1.165) is 52.1 Å². The first-order valence-electron chi connectivity index (χ1n) is 6.82. The maximum absolute atomic E-state index is 12.3. The van der Waals surface area contributed by atoms with Crippen molar-refractivity contribution in [3.63, 3.8) is 0 Å². The number of carbonyl (C=O) groups excluding carboxylic acids is 1. The highest BCUT2D eigenvalue weighted by Crippen LogP contribution is 2.19. The zero-order valence-electron chi connectivity index (χ0n) is 11.9. The van der Waals surface area contributed by atoms with E-state index < -0.39 is 0 Å². The summed E-state index contributed by atoms with van der Waals surface area (Å²) in [6.07, 6.45) is 2.09. The normalized spacial score (nSPS) is 23.3. The molecule has 4 nitrogen and oxygen atoms in total. The van der Waals surface area contributed by atoms with Crippen LogP contribution in [0.2, 0.25) is 0 Å². The summed E-state index contributed by atoms with van der Waals surface area (Å²) in [6.45, 7) is 12.0. The quantitative estimate of drug-likeness (QED) is 0.650. The second-order valence-corrected chi connectivity index (χ2v) is 5.21. The summed E-state index contributed by atoms with van der Waals surface area (Å²) >= 11 is 0. The molecule has 0 atom stereocenters. The molecule has 2 heterocycles. The summed E-state index contributed by atoms with van der Waals surface area (Å²) < 4.78 is 0. The van der Waals surface area contributed by atoms with Gasteiger partial charge in [0, 0.05) is 32.1 Å². The third-order valence-corrected chi connectivity index (χ3v) is 3.88. The SMILES string of the molecule is C=C.CN1CCC(C(=O)N2CCN(C)CC2)CC1. The Balaban J connectivity index is 0.000000771. The summed E-state index contributed by atoms with van der Waals surface area (Å²) in [5, 5.41) is 0. The fourth-order valence-corrected chi connectivity index (χ4v) is 2.54. The second-order valence-electron chi connectivity index (χ2n) is 5.21. The van der Waals surface area contributed by atoms with Gasteiger partial charge in [0.15, 0.2) is 0 Å². The molecule has 0 spiro atoms. The van der Waals surface area contributed by atoms with Gasteiger partial charge in [-0.05, 0) is 40.0 Å². The van der Waals surface area contributed by atoms with Crippen LogP contribution in [0.25, 0.3) is 0 Å². The van der Waals surface area contributed by atoms with Crippen molar-refractivity contribution < 1.29 is 4.79 Å². The number of amides is 1. The molecule has 0 unspecified atom stereocenters. The number of nitrogens with zero attached hydrogens (tertiary/aromatic N) is 3. The van der Waals surface area contributed by atoms with Gasteiger partial charge >= 0.3 is 0 Å². The number of rotatable bonds is 1. The summed E-state index contributed by atoms with van der Waals surface area (Å²) in [5.41, 5.74) is 0. The van der Waals surface area contributed by atoms with Crippen LogP contribution < -0.4 is 0 Å². The summed E-state index contributed by atoms with van der Waals surface area (Å²) in [7, 11) is 4.26. The number of hydrogen-bond donors (Lipinski definition) is 0. The van der Waals surface area contributed by atoms with Crippen LogP contribution >= 0.6 is 0 Å². The second kappa shape index (κ2) is 7.54. The smallest absolute Gasteiger partial charge is 0.225 e. The lowest BCUT2D eigenvalue weighted by Gasteiger charge is -2.36. The Bertz CT molecular complexity index is 230. The lowest BCUT2D eigenvalue weighted by atomic mass is 9.95. The monoisotopic (exact) mass is 253 g/mol. The Labute approximate surface area is 111 Å². The van der Waals surface area contributed by atoms with Crippen LogP contribution in [0.1, 0.15) is 12.8 Å². The first-order chi connectivity index (χ1) is 8.66. The fourth-order valence-electron chi connectivity index (χ4n) is 2.54. The number of piperazine rings is 1. The Kier molecular flexibility index (Phi) is 6.36. The highest BCUT2D eigenvalue weighted by atomic mass is 16.2. The van der Waals surface area contributed by atoms with Crippen molar-refractivity contribution in [3.05, 3.63) is 13.2 Å². The number of likely N-dealkylation sites (N-methyl/N-ethyl adjacent to an activating group) is 1. The topological polar surface area (TPSA) is 26.8 Å². The molecule has 0 N–H and O–H groups in total. The van der Waals surface area contributed by atoms with Crippen molar-refractivity contribution in [2.24, 2.45) is 5.92 Å². The molecule has 0 aromatic carbocycles. The fraction of sp³-hybridized carbons (Fsp3) is 0.786. The van der Waals surface area contributed by atoms with Crippen LogP contribution in [-0.4, -0.2) is 74.0 Å². The minimum Gasteiger partial charge on any atom is -0.340 e. The van der Waals surface area contributed by atoms with Gasteiger partial charge in [0.25, 0.3) is 0 Å². The van der Waals surface area contributed by atoms with Crippen LogP contribution in [0.4, 0.5) is 0 Å². The predicted molar refractivity (Wildman–Crippen MR) is 75.6 cm³/mol. The van der Waals surface area contributed by atoms with E-state index in [1.807, 2.05) is 0 Å². The lowest BCUT2D eigenvalue weighted by molar-refractivity contribution is -0.138. The Hall–Kier alpha value is -0.870. The molecule has 104 valence electrons. The van der Waals surface area contributed by atoms with E-state index in [2.05, 4.69) is 42.0 Å². The minimum atomic E-state index is 0.291. The summed E-state index contributed by atoms with van der Waals surface area (Å²) in [6, 6.07) is 0. The predicted octanol–water partition coefficient (Wildman–Crippen LogP) is 0.904. The highest BCUT2D eigenvalue weighted by Gasteiger charge is 2.28.